The average Bonchev–Trinajstić information content (AvgIpc) is 2.90. The number of H-pyrrole nitrogens is 1. The molecule has 1 aromatic carbocycles. The van der Waals surface area contributed by atoms with E-state index >= 15 is 0 Å². The molecule has 5 nitrogen and oxygen atoms in total. The minimum absolute atomic E-state index is 0.00591. The molecule has 1 unspecified atom stereocenters. The Kier molecular flexibility index (Phi) is 4.77. The Labute approximate surface area is 123 Å². The Morgan fingerprint density at radius 3 is 2.52 bits per heavy atom. The van der Waals surface area contributed by atoms with Crippen molar-refractivity contribution in [1.29, 1.82) is 0 Å². The number of aromatic nitrogens is 1. The first-order valence-corrected chi connectivity index (χ1v) is 6.79. The van der Waals surface area contributed by atoms with Gasteiger partial charge in [-0.25, -0.2) is 0 Å². The zero-order valence-electron chi connectivity index (χ0n) is 11.8. The second kappa shape index (κ2) is 6.74. The molecule has 1 aromatic heterocycles. The quantitative estimate of drug-likeness (QED) is 0.763. The van der Waals surface area contributed by atoms with Crippen molar-refractivity contribution in [3.05, 3.63) is 59.4 Å². The highest BCUT2D eigenvalue weighted by molar-refractivity contribution is 5.95. The summed E-state index contributed by atoms with van der Waals surface area (Å²) in [5.41, 5.74) is 2.34. The summed E-state index contributed by atoms with van der Waals surface area (Å²) >= 11 is 0. The second-order valence-corrected chi connectivity index (χ2v) is 4.92. The van der Waals surface area contributed by atoms with Crippen LogP contribution in [0.1, 0.15) is 40.4 Å². The first-order chi connectivity index (χ1) is 10.1. The van der Waals surface area contributed by atoms with Crippen molar-refractivity contribution in [2.24, 2.45) is 0 Å². The van der Waals surface area contributed by atoms with Gasteiger partial charge in [-0.05, 0) is 24.5 Å². The lowest BCUT2D eigenvalue weighted by molar-refractivity contribution is -0.137. The van der Waals surface area contributed by atoms with Crippen LogP contribution < -0.4 is 5.32 Å². The fourth-order valence-electron chi connectivity index (χ4n) is 2.20. The normalized spacial score (nSPS) is 11.9. The molecule has 0 fully saturated rings. The Morgan fingerprint density at radius 2 is 1.95 bits per heavy atom. The standard InChI is InChI=1S/C16H18N2O3/c1-11-9-17-10-13(11)16(21)18-14(7-8-15(19)20)12-5-3-2-4-6-12/h2-6,9-10,14,17H,7-8H2,1H3,(H,18,21)(H,19,20). The molecule has 0 bridgehead atoms. The molecule has 5 heteroatoms. The van der Waals surface area contributed by atoms with E-state index in [1.807, 2.05) is 37.3 Å². The van der Waals surface area contributed by atoms with Crippen LogP contribution in [-0.4, -0.2) is 22.0 Å². The number of rotatable bonds is 6. The largest absolute Gasteiger partial charge is 0.481 e. The van der Waals surface area contributed by atoms with Crippen molar-refractivity contribution >= 4 is 11.9 Å². The van der Waals surface area contributed by atoms with Crippen molar-refractivity contribution in [3.63, 3.8) is 0 Å². The number of carbonyl (C=O) groups excluding carboxylic acids is 1. The molecule has 0 saturated carbocycles. The van der Waals surface area contributed by atoms with Crippen LogP contribution in [0.15, 0.2) is 42.7 Å². The molecule has 0 aliphatic carbocycles. The number of amides is 1. The minimum Gasteiger partial charge on any atom is -0.481 e. The SMILES string of the molecule is Cc1c[nH]cc1C(=O)NC(CCC(=O)O)c1ccccc1. The predicted octanol–water partition coefficient (Wildman–Crippen LogP) is 2.66. The zero-order chi connectivity index (χ0) is 15.2. The Hall–Kier alpha value is -2.56. The number of nitrogens with one attached hydrogen (secondary N) is 2. The number of hydrogen-bond donors (Lipinski definition) is 3. The molecule has 1 heterocycles. The van der Waals surface area contributed by atoms with Crippen LogP contribution in [0.25, 0.3) is 0 Å². The zero-order valence-corrected chi connectivity index (χ0v) is 11.8. The highest BCUT2D eigenvalue weighted by Gasteiger charge is 2.18. The monoisotopic (exact) mass is 286 g/mol. The number of hydrogen-bond acceptors (Lipinski definition) is 2. The summed E-state index contributed by atoms with van der Waals surface area (Å²) in [6.07, 6.45) is 3.76. The molecular formula is C16H18N2O3. The number of carboxylic acid groups (broad SMARTS) is 1. The van der Waals surface area contributed by atoms with E-state index in [0.717, 1.165) is 11.1 Å². The molecule has 0 saturated heterocycles. The first-order valence-electron chi connectivity index (χ1n) is 6.79. The van der Waals surface area contributed by atoms with Crippen molar-refractivity contribution in [2.75, 3.05) is 0 Å². The van der Waals surface area contributed by atoms with Gasteiger partial charge in [0, 0.05) is 18.8 Å². The molecule has 2 aromatic rings. The van der Waals surface area contributed by atoms with Crippen LogP contribution in [-0.2, 0) is 4.79 Å². The third-order valence-corrected chi connectivity index (χ3v) is 3.35. The van der Waals surface area contributed by atoms with E-state index in [1.165, 1.54) is 0 Å². The number of carboxylic acids is 1. The topological polar surface area (TPSA) is 82.2 Å². The van der Waals surface area contributed by atoms with Gasteiger partial charge in [0.05, 0.1) is 11.6 Å². The van der Waals surface area contributed by atoms with Gasteiger partial charge in [-0.3, -0.25) is 9.59 Å². The van der Waals surface area contributed by atoms with Crippen LogP contribution in [0.4, 0.5) is 0 Å². The number of carbonyl (C=O) groups is 2. The van der Waals surface area contributed by atoms with E-state index in [0.29, 0.717) is 12.0 Å². The van der Waals surface area contributed by atoms with Crippen molar-refractivity contribution in [2.45, 2.75) is 25.8 Å². The summed E-state index contributed by atoms with van der Waals surface area (Å²) in [7, 11) is 0. The van der Waals surface area contributed by atoms with E-state index in [4.69, 9.17) is 5.11 Å². The summed E-state index contributed by atoms with van der Waals surface area (Å²) in [5.74, 6) is -1.07. The maximum absolute atomic E-state index is 12.3. The molecule has 1 atom stereocenters. The van der Waals surface area contributed by atoms with E-state index < -0.39 is 5.97 Å². The number of benzene rings is 1. The molecular weight excluding hydrogens is 268 g/mol. The van der Waals surface area contributed by atoms with Crippen LogP contribution in [0.5, 0.6) is 0 Å². The maximum Gasteiger partial charge on any atom is 0.303 e. The van der Waals surface area contributed by atoms with Gasteiger partial charge in [0.2, 0.25) is 0 Å². The summed E-state index contributed by atoms with van der Waals surface area (Å²) in [6.45, 7) is 1.85. The summed E-state index contributed by atoms with van der Waals surface area (Å²) in [5, 5.41) is 11.8. The lowest BCUT2D eigenvalue weighted by Crippen LogP contribution is -2.29. The molecule has 0 aliphatic heterocycles. The van der Waals surface area contributed by atoms with Gasteiger partial charge < -0.3 is 15.4 Å². The first kappa shape index (κ1) is 14.8. The van der Waals surface area contributed by atoms with Crippen molar-refractivity contribution in [1.82, 2.24) is 10.3 Å². The van der Waals surface area contributed by atoms with Gasteiger partial charge in [-0.2, -0.15) is 0 Å². The second-order valence-electron chi connectivity index (χ2n) is 4.92. The van der Waals surface area contributed by atoms with Crippen LogP contribution in [0, 0.1) is 6.92 Å². The Bertz CT molecular complexity index is 619. The van der Waals surface area contributed by atoms with E-state index in [-0.39, 0.29) is 18.4 Å². The van der Waals surface area contributed by atoms with E-state index in [2.05, 4.69) is 10.3 Å². The molecule has 3 N–H and O–H groups in total. The highest BCUT2D eigenvalue weighted by atomic mass is 16.4. The van der Waals surface area contributed by atoms with Crippen LogP contribution in [0.2, 0.25) is 0 Å². The molecule has 0 radical (unpaired) electrons. The third-order valence-electron chi connectivity index (χ3n) is 3.35. The molecule has 0 spiro atoms. The van der Waals surface area contributed by atoms with Crippen LogP contribution >= 0.6 is 0 Å². The molecule has 0 aliphatic rings. The summed E-state index contributed by atoms with van der Waals surface area (Å²) in [4.78, 5) is 25.9. The van der Waals surface area contributed by atoms with Gasteiger partial charge in [0.25, 0.3) is 5.91 Å². The number of aryl methyl sites for hydroxylation is 1. The lowest BCUT2D eigenvalue weighted by atomic mass is 10.0. The lowest BCUT2D eigenvalue weighted by Gasteiger charge is -2.18. The Balaban J connectivity index is 2.14. The number of aliphatic carboxylic acids is 1. The summed E-state index contributed by atoms with van der Waals surface area (Å²) in [6, 6.07) is 9.08. The van der Waals surface area contributed by atoms with Gasteiger partial charge in [-0.1, -0.05) is 30.3 Å². The fourth-order valence-corrected chi connectivity index (χ4v) is 2.20. The predicted molar refractivity (Wildman–Crippen MR) is 79.0 cm³/mol. The molecule has 21 heavy (non-hydrogen) atoms. The van der Waals surface area contributed by atoms with E-state index in [1.54, 1.807) is 12.4 Å². The molecule has 110 valence electrons. The van der Waals surface area contributed by atoms with Crippen molar-refractivity contribution < 1.29 is 14.7 Å². The number of aromatic amines is 1. The van der Waals surface area contributed by atoms with Gasteiger partial charge >= 0.3 is 5.97 Å². The van der Waals surface area contributed by atoms with Gasteiger partial charge in [-0.15, -0.1) is 0 Å². The smallest absolute Gasteiger partial charge is 0.303 e. The molecule has 2 rings (SSSR count). The third kappa shape index (κ3) is 3.95. The van der Waals surface area contributed by atoms with Gasteiger partial charge in [0.15, 0.2) is 0 Å². The molecule has 1 amide bonds. The van der Waals surface area contributed by atoms with Crippen LogP contribution in [0.3, 0.4) is 0 Å². The Morgan fingerprint density at radius 1 is 1.24 bits per heavy atom. The summed E-state index contributed by atoms with van der Waals surface area (Å²) < 4.78 is 0. The van der Waals surface area contributed by atoms with Gasteiger partial charge in [0.1, 0.15) is 0 Å². The highest BCUT2D eigenvalue weighted by Crippen LogP contribution is 2.19. The van der Waals surface area contributed by atoms with Crippen molar-refractivity contribution in [3.8, 4) is 0 Å². The fraction of sp³-hybridized carbons (Fsp3) is 0.250. The average molecular weight is 286 g/mol. The minimum atomic E-state index is -0.872. The van der Waals surface area contributed by atoms with E-state index in [9.17, 15) is 9.59 Å². The maximum atomic E-state index is 12.3.